The van der Waals surface area contributed by atoms with E-state index in [-0.39, 0.29) is 18.9 Å². The number of halogens is 2. The highest BCUT2D eigenvalue weighted by atomic mass is 19.3. The van der Waals surface area contributed by atoms with Crippen molar-refractivity contribution < 1.29 is 13.6 Å². The molecule has 3 rings (SSSR count). The zero-order valence-corrected chi connectivity index (χ0v) is 15.8. The van der Waals surface area contributed by atoms with Gasteiger partial charge in [0.2, 0.25) is 5.91 Å². The highest BCUT2D eigenvalue weighted by molar-refractivity contribution is 5.84. The quantitative estimate of drug-likeness (QED) is 0.799. The average Bonchev–Trinajstić information content (AvgIpc) is 2.56. The van der Waals surface area contributed by atoms with Crippen LogP contribution in [0, 0.1) is 12.3 Å². The van der Waals surface area contributed by atoms with Gasteiger partial charge in [0.05, 0.1) is 24.2 Å². The molecule has 26 heavy (non-hydrogen) atoms. The second-order valence-corrected chi connectivity index (χ2v) is 7.98. The van der Waals surface area contributed by atoms with Crippen LogP contribution in [-0.2, 0) is 11.3 Å². The van der Waals surface area contributed by atoms with Crippen LogP contribution in [0.15, 0.2) is 18.2 Å². The number of likely N-dealkylation sites (tertiary alicyclic amines) is 2. The third-order valence-electron chi connectivity index (χ3n) is 5.53. The van der Waals surface area contributed by atoms with Gasteiger partial charge in [0, 0.05) is 25.2 Å². The Morgan fingerprint density at radius 3 is 2.81 bits per heavy atom. The summed E-state index contributed by atoms with van der Waals surface area (Å²) in [5.41, 5.74) is 0.773. The molecule has 144 valence electrons. The van der Waals surface area contributed by atoms with Crippen molar-refractivity contribution in [2.45, 2.75) is 58.4 Å². The van der Waals surface area contributed by atoms with E-state index in [2.05, 4.69) is 11.9 Å². The van der Waals surface area contributed by atoms with E-state index in [4.69, 9.17) is 0 Å². The Balaban J connectivity index is 1.78. The maximum atomic E-state index is 14.5. The van der Waals surface area contributed by atoms with Crippen LogP contribution in [0.2, 0.25) is 0 Å². The zero-order valence-electron chi connectivity index (χ0n) is 15.8. The minimum atomic E-state index is -2.80. The maximum Gasteiger partial charge on any atom is 0.261 e. The first-order valence-corrected chi connectivity index (χ1v) is 9.66. The van der Waals surface area contributed by atoms with Crippen molar-refractivity contribution in [3.63, 3.8) is 0 Å². The van der Waals surface area contributed by atoms with Gasteiger partial charge in [0.25, 0.3) is 5.92 Å². The monoisotopic (exact) mass is 365 g/mol. The van der Waals surface area contributed by atoms with E-state index in [9.17, 15) is 13.6 Å². The Kier molecular flexibility index (Phi) is 5.61. The number of carbonyl (C=O) groups is 1. The van der Waals surface area contributed by atoms with Crippen molar-refractivity contribution in [2.75, 3.05) is 26.2 Å². The maximum absolute atomic E-state index is 14.5. The molecular formula is C20H29F2N3O. The van der Waals surface area contributed by atoms with Gasteiger partial charge in [-0.15, -0.1) is 0 Å². The van der Waals surface area contributed by atoms with Gasteiger partial charge in [-0.3, -0.25) is 14.7 Å². The summed E-state index contributed by atoms with van der Waals surface area (Å²) in [6.45, 7) is 5.87. The van der Waals surface area contributed by atoms with E-state index >= 15 is 0 Å². The lowest BCUT2D eigenvalue weighted by atomic mass is 9.71. The number of rotatable bonds is 5. The van der Waals surface area contributed by atoms with Gasteiger partial charge in [-0.2, -0.15) is 0 Å². The van der Waals surface area contributed by atoms with E-state index in [1.54, 1.807) is 9.80 Å². The number of nitrogens with zero attached hydrogens (tertiary/aromatic N) is 3. The minimum absolute atomic E-state index is 0.118. The fourth-order valence-electron chi connectivity index (χ4n) is 4.45. The van der Waals surface area contributed by atoms with Gasteiger partial charge >= 0.3 is 0 Å². The Labute approximate surface area is 154 Å². The van der Waals surface area contributed by atoms with Gasteiger partial charge in [-0.1, -0.05) is 19.4 Å². The molecule has 0 saturated carbocycles. The number of aryl methyl sites for hydroxylation is 1. The fraction of sp³-hybridized carbons (Fsp3) is 0.700. The summed E-state index contributed by atoms with van der Waals surface area (Å²) < 4.78 is 28.9. The van der Waals surface area contributed by atoms with Crippen LogP contribution in [-0.4, -0.2) is 52.8 Å². The van der Waals surface area contributed by atoms with Crippen LogP contribution in [0.25, 0.3) is 0 Å². The predicted octanol–water partition coefficient (Wildman–Crippen LogP) is 3.64. The number of hydrogen-bond donors (Lipinski definition) is 0. The van der Waals surface area contributed by atoms with Crippen molar-refractivity contribution in [3.8, 4) is 0 Å². The zero-order chi connectivity index (χ0) is 18.8. The first-order valence-electron chi connectivity index (χ1n) is 9.66. The smallest absolute Gasteiger partial charge is 0.261 e. The van der Waals surface area contributed by atoms with E-state index in [0.717, 1.165) is 30.7 Å². The van der Waals surface area contributed by atoms with Gasteiger partial charge in [-0.25, -0.2) is 8.78 Å². The van der Waals surface area contributed by atoms with E-state index < -0.39 is 11.3 Å². The lowest BCUT2D eigenvalue weighted by Gasteiger charge is -2.49. The largest absolute Gasteiger partial charge is 0.336 e. The normalized spacial score (nSPS) is 26.5. The molecule has 2 fully saturated rings. The lowest BCUT2D eigenvalue weighted by molar-refractivity contribution is -0.170. The number of amides is 1. The second-order valence-electron chi connectivity index (χ2n) is 7.98. The summed E-state index contributed by atoms with van der Waals surface area (Å²) >= 11 is 0. The molecule has 1 amide bonds. The molecule has 0 N–H and O–H groups in total. The number of hydrogen-bond acceptors (Lipinski definition) is 3. The van der Waals surface area contributed by atoms with Crippen molar-refractivity contribution in [2.24, 2.45) is 5.41 Å². The third kappa shape index (κ3) is 4.22. The summed E-state index contributed by atoms with van der Waals surface area (Å²) in [5.74, 6) is -2.92. The molecule has 0 aliphatic carbocycles. The molecule has 0 bridgehead atoms. The van der Waals surface area contributed by atoms with E-state index in [0.29, 0.717) is 32.6 Å². The van der Waals surface area contributed by atoms with Crippen LogP contribution in [0.4, 0.5) is 8.78 Å². The summed E-state index contributed by atoms with van der Waals surface area (Å²) in [6.07, 6.45) is 2.86. The predicted molar refractivity (Wildman–Crippen MR) is 97.0 cm³/mol. The molecule has 6 heteroatoms. The highest BCUT2D eigenvalue weighted by Gasteiger charge is 2.54. The number of unbranched alkanes of at least 4 members (excludes halogenated alkanes) is 1. The van der Waals surface area contributed by atoms with Crippen molar-refractivity contribution in [1.82, 2.24) is 14.8 Å². The molecule has 2 aliphatic heterocycles. The van der Waals surface area contributed by atoms with Crippen molar-refractivity contribution in [1.29, 1.82) is 0 Å². The number of carbonyl (C=O) groups excluding carboxylic acids is 1. The molecule has 4 nitrogen and oxygen atoms in total. The number of alkyl halides is 2. The molecule has 0 aromatic carbocycles. The molecule has 3 heterocycles. The summed E-state index contributed by atoms with van der Waals surface area (Å²) in [6, 6.07) is 5.73. The molecule has 1 atom stereocenters. The number of pyridine rings is 1. The average molecular weight is 365 g/mol. The Bertz CT molecular complexity index is 652. The summed E-state index contributed by atoms with van der Waals surface area (Å²) in [5, 5.41) is 0. The Morgan fingerprint density at radius 1 is 1.27 bits per heavy atom. The third-order valence-corrected chi connectivity index (χ3v) is 5.53. The number of aromatic nitrogens is 1. The van der Waals surface area contributed by atoms with Gasteiger partial charge < -0.3 is 4.90 Å². The SMILES string of the molecule is CCCCN1CC(F)(F)C[C@@]2(CCCN(Cc3cccc(C)n3)C2=O)C1. The number of piperidine rings is 2. The van der Waals surface area contributed by atoms with Gasteiger partial charge in [0.1, 0.15) is 0 Å². The second kappa shape index (κ2) is 7.59. The van der Waals surface area contributed by atoms with Gasteiger partial charge in [0.15, 0.2) is 0 Å². The van der Waals surface area contributed by atoms with Crippen LogP contribution >= 0.6 is 0 Å². The first kappa shape index (κ1) is 19.2. The van der Waals surface area contributed by atoms with Crippen LogP contribution in [0.5, 0.6) is 0 Å². The topological polar surface area (TPSA) is 36.4 Å². The van der Waals surface area contributed by atoms with Crippen molar-refractivity contribution in [3.05, 3.63) is 29.6 Å². The lowest BCUT2D eigenvalue weighted by Crippen LogP contribution is -2.60. The van der Waals surface area contributed by atoms with Crippen LogP contribution in [0.1, 0.15) is 50.4 Å². The van der Waals surface area contributed by atoms with Crippen molar-refractivity contribution >= 4 is 5.91 Å². The Hall–Kier alpha value is -1.56. The Morgan fingerprint density at radius 2 is 2.08 bits per heavy atom. The van der Waals surface area contributed by atoms with Crippen LogP contribution < -0.4 is 0 Å². The summed E-state index contributed by atoms with van der Waals surface area (Å²) in [7, 11) is 0. The molecule has 1 spiro atoms. The molecule has 1 aromatic rings. The molecule has 2 saturated heterocycles. The molecule has 1 aromatic heterocycles. The minimum Gasteiger partial charge on any atom is -0.336 e. The molecule has 0 radical (unpaired) electrons. The van der Waals surface area contributed by atoms with Gasteiger partial charge in [-0.05, 0) is 44.9 Å². The standard InChI is InChI=1S/C20H29F2N3O/c1-3-4-10-24-14-19(13-20(21,22)15-24)9-6-11-25(18(19)26)12-17-8-5-7-16(2)23-17/h5,7-8H,3-4,6,9-15H2,1-2H3/t19-/m0/s1. The van der Waals surface area contributed by atoms with E-state index in [1.165, 1.54) is 0 Å². The fourth-order valence-corrected chi connectivity index (χ4v) is 4.45. The molecule has 2 aliphatic rings. The summed E-state index contributed by atoms with van der Waals surface area (Å²) in [4.78, 5) is 21.2. The molecule has 0 unspecified atom stereocenters. The van der Waals surface area contributed by atoms with E-state index in [1.807, 2.05) is 25.1 Å². The van der Waals surface area contributed by atoms with Crippen LogP contribution in [0.3, 0.4) is 0 Å². The first-order chi connectivity index (χ1) is 12.3. The molecular weight excluding hydrogens is 336 g/mol. The highest BCUT2D eigenvalue weighted by Crippen LogP contribution is 2.45.